The van der Waals surface area contributed by atoms with Gasteiger partial charge in [-0.05, 0) is 48.0 Å². The molecule has 0 bridgehead atoms. The lowest BCUT2D eigenvalue weighted by Crippen LogP contribution is -2.15. The number of benzene rings is 2. The van der Waals surface area contributed by atoms with Crippen LogP contribution in [0.5, 0.6) is 0 Å². The van der Waals surface area contributed by atoms with Gasteiger partial charge in [0.15, 0.2) is 0 Å². The predicted molar refractivity (Wildman–Crippen MR) is 113 cm³/mol. The molecule has 2 aromatic carbocycles. The van der Waals surface area contributed by atoms with E-state index in [1.807, 2.05) is 48.7 Å². The molecule has 0 radical (unpaired) electrons. The zero-order valence-electron chi connectivity index (χ0n) is 15.0. The Hall–Kier alpha value is -4.06. The third-order valence-electron chi connectivity index (χ3n) is 4.50. The summed E-state index contributed by atoms with van der Waals surface area (Å²) in [7, 11) is 0. The van der Waals surface area contributed by atoms with Crippen molar-refractivity contribution in [3.8, 4) is 22.4 Å². The van der Waals surface area contributed by atoms with E-state index in [1.165, 1.54) is 0 Å². The molecule has 0 spiro atoms. The van der Waals surface area contributed by atoms with Crippen molar-refractivity contribution in [2.45, 2.75) is 0 Å². The lowest BCUT2D eigenvalue weighted by Gasteiger charge is -2.12. The second-order valence-electron chi connectivity index (χ2n) is 6.38. The molecule has 0 saturated heterocycles. The number of carbonyl (C=O) groups is 1. The van der Waals surface area contributed by atoms with Crippen LogP contribution in [0.3, 0.4) is 0 Å². The highest BCUT2D eigenvalue weighted by Gasteiger charge is 2.13. The maximum Gasteiger partial charge on any atom is 0.257 e. The Bertz CT molecular complexity index is 1120. The van der Waals surface area contributed by atoms with Crippen LogP contribution in [0.2, 0.25) is 0 Å². The van der Waals surface area contributed by atoms with Gasteiger partial charge in [-0.15, -0.1) is 0 Å². The maximum atomic E-state index is 12.8. The molecule has 0 fully saturated rings. The lowest BCUT2D eigenvalue weighted by molar-refractivity contribution is 0.102. The number of aromatic amines is 1. The number of nitrogens with two attached hydrogens (primary N) is 2. The summed E-state index contributed by atoms with van der Waals surface area (Å²) in [5.41, 5.74) is 17.7. The highest BCUT2D eigenvalue weighted by atomic mass is 16.1. The molecule has 6 N–H and O–H groups in total. The van der Waals surface area contributed by atoms with E-state index in [2.05, 4.69) is 15.3 Å². The average Bonchev–Trinajstić information content (AvgIpc) is 3.25. The zero-order valence-corrected chi connectivity index (χ0v) is 15.0. The quantitative estimate of drug-likeness (QED) is 0.405. The molecule has 6 heteroatoms. The minimum Gasteiger partial charge on any atom is -0.398 e. The smallest absolute Gasteiger partial charge is 0.257 e. The van der Waals surface area contributed by atoms with Crippen molar-refractivity contribution in [3.05, 3.63) is 84.8 Å². The number of hydrogen-bond donors (Lipinski definition) is 4. The summed E-state index contributed by atoms with van der Waals surface area (Å²) in [5, 5.41) is 2.86. The van der Waals surface area contributed by atoms with Gasteiger partial charge in [0.05, 0.1) is 16.9 Å². The molecular formula is C22H19N5O. The molecule has 1 amide bonds. The van der Waals surface area contributed by atoms with Gasteiger partial charge >= 0.3 is 0 Å². The van der Waals surface area contributed by atoms with E-state index in [0.29, 0.717) is 22.6 Å². The van der Waals surface area contributed by atoms with Crippen molar-refractivity contribution in [2.75, 3.05) is 16.8 Å². The Morgan fingerprint density at radius 1 is 0.893 bits per heavy atom. The molecule has 0 aliphatic heterocycles. The zero-order chi connectivity index (χ0) is 19.5. The summed E-state index contributed by atoms with van der Waals surface area (Å²) >= 11 is 0. The fourth-order valence-electron chi connectivity index (χ4n) is 3.01. The molecule has 0 aliphatic rings. The third-order valence-corrected chi connectivity index (χ3v) is 4.50. The van der Waals surface area contributed by atoms with Gasteiger partial charge in [-0.2, -0.15) is 0 Å². The number of nitrogens with zero attached hydrogens (tertiary/aromatic N) is 1. The molecule has 0 unspecified atom stereocenters. The van der Waals surface area contributed by atoms with Crippen LogP contribution in [0.15, 0.2) is 79.3 Å². The van der Waals surface area contributed by atoms with Crippen LogP contribution in [0.25, 0.3) is 22.4 Å². The molecule has 4 aromatic rings. The van der Waals surface area contributed by atoms with E-state index in [4.69, 9.17) is 11.5 Å². The number of hydrogen-bond acceptors (Lipinski definition) is 4. The summed E-state index contributed by atoms with van der Waals surface area (Å²) in [5.74, 6) is -0.314. The third kappa shape index (κ3) is 3.43. The fraction of sp³-hybridized carbons (Fsp3) is 0. The van der Waals surface area contributed by atoms with Gasteiger partial charge in [0.2, 0.25) is 0 Å². The highest BCUT2D eigenvalue weighted by molar-refractivity contribution is 6.09. The number of nitrogen functional groups attached to an aromatic ring is 2. The van der Waals surface area contributed by atoms with Crippen molar-refractivity contribution in [3.63, 3.8) is 0 Å². The van der Waals surface area contributed by atoms with Gasteiger partial charge in [-0.1, -0.05) is 18.2 Å². The Kier molecular flexibility index (Phi) is 4.51. The first kappa shape index (κ1) is 17.4. The number of aromatic nitrogens is 2. The molecular weight excluding hydrogens is 350 g/mol. The first-order valence-corrected chi connectivity index (χ1v) is 8.76. The fourth-order valence-corrected chi connectivity index (χ4v) is 3.01. The van der Waals surface area contributed by atoms with Gasteiger partial charge in [0.1, 0.15) is 0 Å². The van der Waals surface area contributed by atoms with E-state index in [9.17, 15) is 4.79 Å². The van der Waals surface area contributed by atoms with Gasteiger partial charge in [0.25, 0.3) is 5.91 Å². The number of carbonyl (C=O) groups excluding carboxylic acids is 1. The number of amides is 1. The molecule has 2 heterocycles. The molecule has 0 saturated carbocycles. The normalized spacial score (nSPS) is 10.6. The summed E-state index contributed by atoms with van der Waals surface area (Å²) in [6, 6.07) is 18.5. The number of rotatable bonds is 4. The summed E-state index contributed by atoms with van der Waals surface area (Å²) in [4.78, 5) is 20.0. The van der Waals surface area contributed by atoms with E-state index in [-0.39, 0.29) is 5.91 Å². The largest absolute Gasteiger partial charge is 0.398 e. The standard InChI is InChI=1S/C22H19N5O/c23-18-8-6-15(20-4-2-10-26-20)12-21(18)27-22(28)17-7-5-14(11-19(17)24)16-3-1-9-25-13-16/h1-13,26H,23-24H2,(H,27,28). The Morgan fingerprint density at radius 2 is 1.75 bits per heavy atom. The van der Waals surface area contributed by atoms with E-state index < -0.39 is 0 Å². The second kappa shape index (κ2) is 7.28. The number of nitrogens with one attached hydrogen (secondary N) is 2. The van der Waals surface area contributed by atoms with Crippen LogP contribution in [0.4, 0.5) is 17.1 Å². The monoisotopic (exact) mass is 369 g/mol. The maximum absolute atomic E-state index is 12.8. The number of anilines is 3. The molecule has 6 nitrogen and oxygen atoms in total. The SMILES string of the molecule is Nc1ccc(-c2ccc[nH]2)cc1NC(=O)c1ccc(-c2cccnc2)cc1N. The van der Waals surface area contributed by atoms with Crippen LogP contribution in [-0.2, 0) is 0 Å². The van der Waals surface area contributed by atoms with E-state index in [1.54, 1.807) is 30.6 Å². The van der Waals surface area contributed by atoms with E-state index in [0.717, 1.165) is 22.4 Å². The molecule has 28 heavy (non-hydrogen) atoms. The topological polar surface area (TPSA) is 110 Å². The van der Waals surface area contributed by atoms with Crippen LogP contribution in [-0.4, -0.2) is 15.9 Å². The van der Waals surface area contributed by atoms with E-state index >= 15 is 0 Å². The average molecular weight is 369 g/mol. The Morgan fingerprint density at radius 3 is 2.46 bits per heavy atom. The molecule has 0 atom stereocenters. The molecule has 2 aromatic heterocycles. The molecule has 0 aliphatic carbocycles. The minimum absolute atomic E-state index is 0.314. The van der Waals surface area contributed by atoms with Crippen molar-refractivity contribution in [2.24, 2.45) is 0 Å². The van der Waals surface area contributed by atoms with Crippen molar-refractivity contribution < 1.29 is 4.79 Å². The summed E-state index contributed by atoms with van der Waals surface area (Å²) < 4.78 is 0. The van der Waals surface area contributed by atoms with Crippen LogP contribution < -0.4 is 16.8 Å². The van der Waals surface area contributed by atoms with Crippen LogP contribution in [0, 0.1) is 0 Å². The first-order valence-electron chi connectivity index (χ1n) is 8.76. The van der Waals surface area contributed by atoms with Crippen molar-refractivity contribution in [1.82, 2.24) is 9.97 Å². The Balaban J connectivity index is 1.60. The predicted octanol–water partition coefficient (Wildman–Crippen LogP) is 4.16. The van der Waals surface area contributed by atoms with Crippen molar-refractivity contribution in [1.29, 1.82) is 0 Å². The first-order chi connectivity index (χ1) is 13.6. The van der Waals surface area contributed by atoms with Gasteiger partial charge in [-0.3, -0.25) is 9.78 Å². The van der Waals surface area contributed by atoms with Crippen molar-refractivity contribution >= 4 is 23.0 Å². The lowest BCUT2D eigenvalue weighted by atomic mass is 10.0. The van der Waals surface area contributed by atoms with Crippen LogP contribution in [0.1, 0.15) is 10.4 Å². The highest BCUT2D eigenvalue weighted by Crippen LogP contribution is 2.28. The Labute approximate surface area is 162 Å². The van der Waals surface area contributed by atoms with Gasteiger partial charge < -0.3 is 21.8 Å². The minimum atomic E-state index is -0.314. The molecule has 138 valence electrons. The van der Waals surface area contributed by atoms with Gasteiger partial charge in [0, 0.05) is 41.1 Å². The summed E-state index contributed by atoms with van der Waals surface area (Å²) in [6.45, 7) is 0. The summed E-state index contributed by atoms with van der Waals surface area (Å²) in [6.07, 6.45) is 5.30. The number of H-pyrrole nitrogens is 1. The number of pyridine rings is 1. The second-order valence-corrected chi connectivity index (χ2v) is 6.38. The van der Waals surface area contributed by atoms with Crippen LogP contribution >= 0.6 is 0 Å². The van der Waals surface area contributed by atoms with Gasteiger partial charge in [-0.25, -0.2) is 0 Å². The molecule has 4 rings (SSSR count).